The van der Waals surface area contributed by atoms with Gasteiger partial charge in [-0.05, 0) is 36.8 Å². The van der Waals surface area contributed by atoms with Gasteiger partial charge < -0.3 is 10.6 Å². The molecule has 1 atom stereocenters. The molecule has 1 saturated carbocycles. The van der Waals surface area contributed by atoms with E-state index in [2.05, 4.69) is 24.5 Å². The minimum atomic E-state index is -0.760. The summed E-state index contributed by atoms with van der Waals surface area (Å²) in [5, 5.41) is 5.28. The first kappa shape index (κ1) is 14.8. The second-order valence-corrected chi connectivity index (χ2v) is 6.14. The molecular formula is C15H20F2N2O. The smallest absolute Gasteiger partial charge is 0.251 e. The molecule has 1 aliphatic carbocycles. The van der Waals surface area contributed by atoms with Gasteiger partial charge in [-0.25, -0.2) is 8.78 Å². The lowest BCUT2D eigenvalue weighted by atomic mass is 9.92. The molecule has 0 aliphatic heterocycles. The zero-order chi connectivity index (χ0) is 14.9. The van der Waals surface area contributed by atoms with Gasteiger partial charge >= 0.3 is 0 Å². The van der Waals surface area contributed by atoms with Crippen LogP contribution in [0.25, 0.3) is 0 Å². The van der Waals surface area contributed by atoms with Gasteiger partial charge in [0.25, 0.3) is 5.91 Å². The topological polar surface area (TPSA) is 41.1 Å². The maximum absolute atomic E-state index is 13.6. The van der Waals surface area contributed by atoms with Crippen molar-refractivity contribution < 1.29 is 13.6 Å². The summed E-state index contributed by atoms with van der Waals surface area (Å²) >= 11 is 0. The molecule has 2 rings (SSSR count). The Bertz CT molecular complexity index is 506. The normalized spacial score (nSPS) is 20.8. The predicted octanol–water partition coefficient (Wildman–Crippen LogP) is 3.32. The van der Waals surface area contributed by atoms with E-state index in [0.29, 0.717) is 0 Å². The molecule has 0 spiro atoms. The summed E-state index contributed by atoms with van der Waals surface area (Å²) < 4.78 is 27.3. The standard InChI is InChI=1S/C15H20F2N2O/c1-15(2)5-4-10(8-15)19-14(20)9-6-11(16)13(18-3)12(17)7-9/h6-7,10,18H,4-5,8H2,1-3H3,(H,19,20). The molecule has 0 bridgehead atoms. The fraction of sp³-hybridized carbons (Fsp3) is 0.533. The minimum absolute atomic E-state index is 0.0173. The molecule has 1 fully saturated rings. The Morgan fingerprint density at radius 1 is 1.30 bits per heavy atom. The van der Waals surface area contributed by atoms with Crippen molar-refractivity contribution in [3.8, 4) is 0 Å². The number of hydrogen-bond donors (Lipinski definition) is 2. The Hall–Kier alpha value is -1.65. The van der Waals surface area contributed by atoms with Crippen molar-refractivity contribution in [3.05, 3.63) is 29.3 Å². The SMILES string of the molecule is CNc1c(F)cc(C(=O)NC2CCC(C)(C)C2)cc1F. The Morgan fingerprint density at radius 2 is 1.90 bits per heavy atom. The van der Waals surface area contributed by atoms with Crippen molar-refractivity contribution in [1.29, 1.82) is 0 Å². The highest BCUT2D eigenvalue weighted by atomic mass is 19.1. The Balaban J connectivity index is 2.10. The number of benzene rings is 1. The third-order valence-corrected chi connectivity index (χ3v) is 3.86. The maximum Gasteiger partial charge on any atom is 0.251 e. The van der Waals surface area contributed by atoms with E-state index in [0.717, 1.165) is 31.4 Å². The Morgan fingerprint density at radius 3 is 2.35 bits per heavy atom. The zero-order valence-electron chi connectivity index (χ0n) is 12.0. The number of carbonyl (C=O) groups excluding carboxylic acids is 1. The number of amides is 1. The Labute approximate surface area is 117 Å². The van der Waals surface area contributed by atoms with Gasteiger partial charge in [-0.1, -0.05) is 13.8 Å². The fourth-order valence-corrected chi connectivity index (χ4v) is 2.77. The van der Waals surface area contributed by atoms with Crippen molar-refractivity contribution in [2.75, 3.05) is 12.4 Å². The third-order valence-electron chi connectivity index (χ3n) is 3.86. The molecule has 110 valence electrons. The van der Waals surface area contributed by atoms with Gasteiger partial charge in [0, 0.05) is 18.7 Å². The number of anilines is 1. The highest BCUT2D eigenvalue weighted by molar-refractivity contribution is 5.94. The molecular weight excluding hydrogens is 262 g/mol. The van der Waals surface area contributed by atoms with Crippen LogP contribution in [0.1, 0.15) is 43.5 Å². The van der Waals surface area contributed by atoms with Crippen molar-refractivity contribution in [3.63, 3.8) is 0 Å². The van der Waals surface area contributed by atoms with Crippen LogP contribution in [-0.2, 0) is 0 Å². The van der Waals surface area contributed by atoms with E-state index in [9.17, 15) is 13.6 Å². The van der Waals surface area contributed by atoms with E-state index in [4.69, 9.17) is 0 Å². The summed E-state index contributed by atoms with van der Waals surface area (Å²) in [4.78, 5) is 12.1. The lowest BCUT2D eigenvalue weighted by Crippen LogP contribution is -2.33. The van der Waals surface area contributed by atoms with Gasteiger partial charge in [-0.2, -0.15) is 0 Å². The lowest BCUT2D eigenvalue weighted by Gasteiger charge is -2.18. The van der Waals surface area contributed by atoms with Crippen LogP contribution in [0.15, 0.2) is 12.1 Å². The van der Waals surface area contributed by atoms with Gasteiger partial charge in [-0.15, -0.1) is 0 Å². The average Bonchev–Trinajstić information content (AvgIpc) is 2.68. The van der Waals surface area contributed by atoms with Crippen LogP contribution in [0.5, 0.6) is 0 Å². The van der Waals surface area contributed by atoms with Crippen molar-refractivity contribution >= 4 is 11.6 Å². The third kappa shape index (κ3) is 3.08. The van der Waals surface area contributed by atoms with Crippen LogP contribution in [0.4, 0.5) is 14.5 Å². The summed E-state index contributed by atoms with van der Waals surface area (Å²) in [6.45, 7) is 4.31. The molecule has 1 aromatic rings. The van der Waals surface area contributed by atoms with E-state index in [1.807, 2.05) is 0 Å². The molecule has 0 saturated heterocycles. The van der Waals surface area contributed by atoms with E-state index < -0.39 is 17.5 Å². The number of rotatable bonds is 3. The molecule has 0 heterocycles. The molecule has 2 N–H and O–H groups in total. The molecule has 20 heavy (non-hydrogen) atoms. The highest BCUT2D eigenvalue weighted by Gasteiger charge is 2.32. The average molecular weight is 282 g/mol. The molecule has 1 unspecified atom stereocenters. The molecule has 3 nitrogen and oxygen atoms in total. The molecule has 1 amide bonds. The summed E-state index contributed by atoms with van der Waals surface area (Å²) in [5.74, 6) is -1.94. The second kappa shape index (κ2) is 5.38. The molecule has 0 aromatic heterocycles. The van der Waals surface area contributed by atoms with Crippen LogP contribution >= 0.6 is 0 Å². The first-order valence-electron chi connectivity index (χ1n) is 6.80. The predicted molar refractivity (Wildman–Crippen MR) is 74.8 cm³/mol. The van der Waals surface area contributed by atoms with Gasteiger partial charge in [0.15, 0.2) is 0 Å². The van der Waals surface area contributed by atoms with Gasteiger partial charge in [-0.3, -0.25) is 4.79 Å². The maximum atomic E-state index is 13.6. The summed E-state index contributed by atoms with van der Waals surface area (Å²) in [5.41, 5.74) is 0.0111. The molecule has 1 aromatic carbocycles. The van der Waals surface area contributed by atoms with Gasteiger partial charge in [0.1, 0.15) is 17.3 Å². The zero-order valence-corrected chi connectivity index (χ0v) is 12.0. The second-order valence-electron chi connectivity index (χ2n) is 6.14. The van der Waals surface area contributed by atoms with E-state index in [-0.39, 0.29) is 22.7 Å². The van der Waals surface area contributed by atoms with Crippen LogP contribution in [0, 0.1) is 17.0 Å². The van der Waals surface area contributed by atoms with Crippen molar-refractivity contribution in [2.45, 2.75) is 39.2 Å². The van der Waals surface area contributed by atoms with Crippen LogP contribution in [0.2, 0.25) is 0 Å². The van der Waals surface area contributed by atoms with Crippen LogP contribution in [-0.4, -0.2) is 19.0 Å². The van der Waals surface area contributed by atoms with Crippen LogP contribution in [0.3, 0.4) is 0 Å². The van der Waals surface area contributed by atoms with Crippen molar-refractivity contribution in [1.82, 2.24) is 5.32 Å². The molecule has 5 heteroatoms. The highest BCUT2D eigenvalue weighted by Crippen LogP contribution is 2.37. The van der Waals surface area contributed by atoms with Gasteiger partial charge in [0.05, 0.1) is 0 Å². The largest absolute Gasteiger partial charge is 0.383 e. The van der Waals surface area contributed by atoms with Gasteiger partial charge in [0.2, 0.25) is 0 Å². The monoisotopic (exact) mass is 282 g/mol. The van der Waals surface area contributed by atoms with E-state index in [1.54, 1.807) is 0 Å². The summed E-state index contributed by atoms with van der Waals surface area (Å²) in [6, 6.07) is 2.20. The lowest BCUT2D eigenvalue weighted by molar-refractivity contribution is 0.0935. The summed E-state index contributed by atoms with van der Waals surface area (Å²) in [6.07, 6.45) is 2.83. The first-order valence-corrected chi connectivity index (χ1v) is 6.80. The summed E-state index contributed by atoms with van der Waals surface area (Å²) in [7, 11) is 1.43. The minimum Gasteiger partial charge on any atom is -0.383 e. The quantitative estimate of drug-likeness (QED) is 0.893. The number of halogens is 2. The fourth-order valence-electron chi connectivity index (χ4n) is 2.77. The number of carbonyl (C=O) groups is 1. The number of hydrogen-bond acceptors (Lipinski definition) is 2. The molecule has 1 aliphatic rings. The first-order chi connectivity index (χ1) is 9.32. The van der Waals surface area contributed by atoms with Crippen molar-refractivity contribution in [2.24, 2.45) is 5.41 Å². The number of nitrogens with one attached hydrogen (secondary N) is 2. The van der Waals surface area contributed by atoms with E-state index >= 15 is 0 Å². The Kier molecular flexibility index (Phi) is 3.97. The molecule has 0 radical (unpaired) electrons. The van der Waals surface area contributed by atoms with E-state index in [1.165, 1.54) is 7.05 Å². The van der Waals surface area contributed by atoms with Crippen LogP contribution < -0.4 is 10.6 Å².